The molecule has 5 heteroatoms. The van der Waals surface area contributed by atoms with E-state index in [4.69, 9.17) is 0 Å². The van der Waals surface area contributed by atoms with Crippen LogP contribution in [-0.4, -0.2) is 12.1 Å². The van der Waals surface area contributed by atoms with Crippen LogP contribution in [0, 0.1) is 6.92 Å². The highest BCUT2D eigenvalue weighted by Crippen LogP contribution is 2.20. The quantitative estimate of drug-likeness (QED) is 0.681. The second-order valence-electron chi connectivity index (χ2n) is 3.71. The fourth-order valence-corrected chi connectivity index (χ4v) is 2.70. The largest absolute Gasteiger partial charge is 0.271 e. The van der Waals surface area contributed by atoms with Gasteiger partial charge in [-0.25, -0.2) is 5.43 Å². The molecule has 1 aromatic carbocycles. The van der Waals surface area contributed by atoms with E-state index >= 15 is 0 Å². The zero-order chi connectivity index (χ0) is 13.0. The van der Waals surface area contributed by atoms with E-state index in [0.29, 0.717) is 5.56 Å². The fourth-order valence-electron chi connectivity index (χ4n) is 1.40. The Balaban J connectivity index is 1.98. The highest BCUT2D eigenvalue weighted by Gasteiger charge is 2.03. The molecule has 1 N–H and O–H groups in total. The molecule has 2 rings (SSSR count). The highest BCUT2D eigenvalue weighted by atomic mass is 79.9. The van der Waals surface area contributed by atoms with Gasteiger partial charge in [-0.05, 0) is 47.1 Å². The molecule has 0 saturated heterocycles. The zero-order valence-corrected chi connectivity index (χ0v) is 12.1. The van der Waals surface area contributed by atoms with Crippen molar-refractivity contribution in [3.8, 4) is 0 Å². The van der Waals surface area contributed by atoms with Crippen molar-refractivity contribution in [1.82, 2.24) is 5.43 Å². The number of nitrogens with zero attached hydrogens (tertiary/aromatic N) is 1. The van der Waals surface area contributed by atoms with Crippen LogP contribution >= 0.6 is 27.3 Å². The molecule has 0 saturated carbocycles. The van der Waals surface area contributed by atoms with Crippen molar-refractivity contribution < 1.29 is 4.79 Å². The minimum absolute atomic E-state index is 0.203. The third-order valence-electron chi connectivity index (χ3n) is 2.23. The number of thiophene rings is 1. The van der Waals surface area contributed by atoms with Gasteiger partial charge in [-0.1, -0.05) is 17.7 Å². The van der Waals surface area contributed by atoms with Crippen molar-refractivity contribution in [2.24, 2.45) is 5.10 Å². The average Bonchev–Trinajstić information content (AvgIpc) is 2.75. The van der Waals surface area contributed by atoms with Crippen LogP contribution in [0.2, 0.25) is 0 Å². The minimum Gasteiger partial charge on any atom is -0.267 e. The van der Waals surface area contributed by atoms with Gasteiger partial charge in [0.15, 0.2) is 0 Å². The van der Waals surface area contributed by atoms with E-state index in [2.05, 4.69) is 26.5 Å². The number of nitrogens with one attached hydrogen (secondary N) is 1. The molecule has 0 unspecified atom stereocenters. The molecule has 2 aromatic rings. The van der Waals surface area contributed by atoms with E-state index in [1.165, 1.54) is 0 Å². The second kappa shape index (κ2) is 5.93. The summed E-state index contributed by atoms with van der Waals surface area (Å²) in [6, 6.07) is 11.3. The summed E-state index contributed by atoms with van der Waals surface area (Å²) in [5, 5.41) is 3.93. The number of hydrogen-bond donors (Lipinski definition) is 1. The van der Waals surface area contributed by atoms with Crippen molar-refractivity contribution in [2.75, 3.05) is 0 Å². The van der Waals surface area contributed by atoms with Crippen LogP contribution in [0.1, 0.15) is 20.8 Å². The normalized spacial score (nSPS) is 10.8. The molecule has 0 aliphatic rings. The summed E-state index contributed by atoms with van der Waals surface area (Å²) in [5.41, 5.74) is 4.17. The Bertz CT molecular complexity index is 592. The first kappa shape index (κ1) is 13.0. The minimum atomic E-state index is -0.203. The molecular weight excluding hydrogens is 312 g/mol. The SMILES string of the molecule is Cc1cccc(C(=O)N/N=C/c2ccc(Br)s2)c1. The Hall–Kier alpha value is -1.46. The first-order valence-electron chi connectivity index (χ1n) is 5.30. The fraction of sp³-hybridized carbons (Fsp3) is 0.0769. The molecule has 18 heavy (non-hydrogen) atoms. The lowest BCUT2D eigenvalue weighted by molar-refractivity contribution is 0.0955. The van der Waals surface area contributed by atoms with Gasteiger partial charge in [-0.3, -0.25) is 4.79 Å². The molecule has 0 atom stereocenters. The summed E-state index contributed by atoms with van der Waals surface area (Å²) in [6.45, 7) is 1.95. The predicted molar refractivity (Wildman–Crippen MR) is 78.3 cm³/mol. The number of carbonyl (C=O) groups excluding carboxylic acids is 1. The Morgan fingerprint density at radius 1 is 1.39 bits per heavy atom. The number of hydrazone groups is 1. The van der Waals surface area contributed by atoms with Crippen molar-refractivity contribution >= 4 is 39.4 Å². The van der Waals surface area contributed by atoms with Crippen LogP contribution in [0.4, 0.5) is 0 Å². The number of rotatable bonds is 3. The molecule has 0 aliphatic carbocycles. The number of carbonyl (C=O) groups is 1. The second-order valence-corrected chi connectivity index (χ2v) is 6.21. The maximum Gasteiger partial charge on any atom is 0.271 e. The average molecular weight is 323 g/mol. The lowest BCUT2D eigenvalue weighted by Gasteiger charge is -2.00. The van der Waals surface area contributed by atoms with E-state index in [9.17, 15) is 4.79 Å². The third kappa shape index (κ3) is 3.51. The Morgan fingerprint density at radius 2 is 2.22 bits per heavy atom. The summed E-state index contributed by atoms with van der Waals surface area (Å²) in [4.78, 5) is 12.7. The van der Waals surface area contributed by atoms with Crippen molar-refractivity contribution in [3.63, 3.8) is 0 Å². The maximum absolute atomic E-state index is 11.8. The summed E-state index contributed by atoms with van der Waals surface area (Å²) in [5.74, 6) is -0.203. The van der Waals surface area contributed by atoms with Crippen LogP contribution in [-0.2, 0) is 0 Å². The molecular formula is C13H11BrN2OS. The van der Waals surface area contributed by atoms with Crippen LogP contribution in [0.15, 0.2) is 45.3 Å². The lowest BCUT2D eigenvalue weighted by atomic mass is 10.1. The van der Waals surface area contributed by atoms with Gasteiger partial charge in [0, 0.05) is 10.4 Å². The van der Waals surface area contributed by atoms with Crippen molar-refractivity contribution in [1.29, 1.82) is 0 Å². The molecule has 0 spiro atoms. The molecule has 92 valence electrons. The van der Waals surface area contributed by atoms with Crippen LogP contribution in [0.25, 0.3) is 0 Å². The van der Waals surface area contributed by atoms with E-state index in [1.54, 1.807) is 23.6 Å². The summed E-state index contributed by atoms with van der Waals surface area (Å²) in [6.07, 6.45) is 1.63. The number of amides is 1. The van der Waals surface area contributed by atoms with Gasteiger partial charge in [0.2, 0.25) is 0 Å². The van der Waals surface area contributed by atoms with E-state index in [1.807, 2.05) is 37.3 Å². The monoisotopic (exact) mass is 322 g/mol. The Kier molecular flexibility index (Phi) is 4.28. The van der Waals surface area contributed by atoms with Gasteiger partial charge in [0.25, 0.3) is 5.91 Å². The first-order valence-corrected chi connectivity index (χ1v) is 6.91. The number of benzene rings is 1. The van der Waals surface area contributed by atoms with Gasteiger partial charge in [0.05, 0.1) is 10.0 Å². The maximum atomic E-state index is 11.8. The smallest absolute Gasteiger partial charge is 0.267 e. The number of aryl methyl sites for hydroxylation is 1. The van der Waals surface area contributed by atoms with Gasteiger partial charge >= 0.3 is 0 Å². The highest BCUT2D eigenvalue weighted by molar-refractivity contribution is 9.11. The predicted octanol–water partition coefficient (Wildman–Crippen LogP) is 3.58. The van der Waals surface area contributed by atoms with Gasteiger partial charge in [-0.2, -0.15) is 5.10 Å². The van der Waals surface area contributed by atoms with Gasteiger partial charge < -0.3 is 0 Å². The molecule has 1 amide bonds. The van der Waals surface area contributed by atoms with E-state index in [-0.39, 0.29) is 5.91 Å². The summed E-state index contributed by atoms with van der Waals surface area (Å²) in [7, 11) is 0. The Labute approximate surface area is 118 Å². The van der Waals surface area contributed by atoms with Crippen LogP contribution in [0.5, 0.6) is 0 Å². The van der Waals surface area contributed by atoms with Crippen molar-refractivity contribution in [2.45, 2.75) is 6.92 Å². The van der Waals surface area contributed by atoms with Crippen LogP contribution < -0.4 is 5.43 Å². The topological polar surface area (TPSA) is 41.5 Å². The third-order valence-corrected chi connectivity index (χ3v) is 3.79. The van der Waals surface area contributed by atoms with Gasteiger partial charge in [-0.15, -0.1) is 11.3 Å². The molecule has 0 fully saturated rings. The van der Waals surface area contributed by atoms with Crippen molar-refractivity contribution in [3.05, 3.63) is 56.2 Å². The molecule has 0 radical (unpaired) electrons. The number of hydrogen-bond acceptors (Lipinski definition) is 3. The molecule has 0 aliphatic heterocycles. The van der Waals surface area contributed by atoms with Crippen LogP contribution in [0.3, 0.4) is 0 Å². The lowest BCUT2D eigenvalue weighted by Crippen LogP contribution is -2.17. The van der Waals surface area contributed by atoms with E-state index in [0.717, 1.165) is 14.2 Å². The first-order chi connectivity index (χ1) is 8.65. The van der Waals surface area contributed by atoms with Gasteiger partial charge in [0.1, 0.15) is 0 Å². The summed E-state index contributed by atoms with van der Waals surface area (Å²) < 4.78 is 1.04. The standard InChI is InChI=1S/C13H11BrN2OS/c1-9-3-2-4-10(7-9)13(17)16-15-8-11-5-6-12(14)18-11/h2-8H,1H3,(H,16,17)/b15-8+. The Morgan fingerprint density at radius 3 is 2.89 bits per heavy atom. The van der Waals surface area contributed by atoms with E-state index < -0.39 is 0 Å². The zero-order valence-electron chi connectivity index (χ0n) is 9.68. The molecule has 1 heterocycles. The molecule has 0 bridgehead atoms. The molecule has 3 nitrogen and oxygen atoms in total. The molecule has 1 aromatic heterocycles. The number of halogens is 1. The summed E-state index contributed by atoms with van der Waals surface area (Å²) >= 11 is 4.92.